The summed E-state index contributed by atoms with van der Waals surface area (Å²) in [6.07, 6.45) is 2.02. The molecule has 0 bridgehead atoms. The van der Waals surface area contributed by atoms with Gasteiger partial charge in [0.15, 0.2) is 0 Å². The summed E-state index contributed by atoms with van der Waals surface area (Å²) in [5.74, 6) is -0.447. The van der Waals surface area contributed by atoms with Gasteiger partial charge in [0.25, 0.3) is 11.5 Å². The van der Waals surface area contributed by atoms with Gasteiger partial charge in [-0.05, 0) is 29.7 Å². The fourth-order valence-corrected chi connectivity index (χ4v) is 3.55. The first-order valence-corrected chi connectivity index (χ1v) is 11.0. The molecule has 178 valence electrons. The maximum atomic E-state index is 14.5. The molecule has 0 fully saturated rings. The number of amides is 1. The van der Waals surface area contributed by atoms with E-state index in [2.05, 4.69) is 61.9 Å². The van der Waals surface area contributed by atoms with Gasteiger partial charge in [-0.15, -0.1) is 0 Å². The topological polar surface area (TPSA) is 136 Å². The van der Waals surface area contributed by atoms with Crippen molar-refractivity contribution in [2.24, 2.45) is 20.4 Å². The van der Waals surface area contributed by atoms with Gasteiger partial charge < -0.3 is 16.0 Å². The molecule has 0 spiro atoms. The highest BCUT2D eigenvalue weighted by Gasteiger charge is 2.28. The van der Waals surface area contributed by atoms with Crippen LogP contribution in [-0.4, -0.2) is 59.7 Å². The monoisotopic (exact) mass is 466 g/mol. The van der Waals surface area contributed by atoms with Crippen molar-refractivity contribution in [2.45, 2.75) is 33.2 Å². The molecule has 2 aliphatic heterocycles. The Hall–Kier alpha value is -3.73. The van der Waals surface area contributed by atoms with Crippen LogP contribution in [0.3, 0.4) is 0 Å². The second-order valence-electron chi connectivity index (χ2n) is 9.20. The number of hydrogen-bond donors (Lipinski definition) is 4. The number of benzene rings is 1. The van der Waals surface area contributed by atoms with Crippen molar-refractivity contribution >= 4 is 35.2 Å². The summed E-state index contributed by atoms with van der Waals surface area (Å²) < 4.78 is 14.5. The SMILES string of the molecule is CC(C)(C)C1CN=C(C(=O)Nc2cc(-c3cc(NC4=NC=NCC4)c(=O)[nH]n3)ccc2F)CN1. The van der Waals surface area contributed by atoms with E-state index in [0.717, 1.165) is 0 Å². The molecule has 10 nitrogen and oxygen atoms in total. The smallest absolute Gasteiger partial charge is 0.287 e. The van der Waals surface area contributed by atoms with Gasteiger partial charge in [0.2, 0.25) is 0 Å². The number of amidine groups is 1. The molecule has 1 atom stereocenters. The number of hydrogen-bond acceptors (Lipinski definition) is 8. The third-order valence-corrected chi connectivity index (χ3v) is 5.65. The summed E-state index contributed by atoms with van der Waals surface area (Å²) in [5, 5.41) is 15.4. The molecule has 2 aromatic rings. The molecule has 1 aromatic heterocycles. The van der Waals surface area contributed by atoms with Crippen LogP contribution in [0.5, 0.6) is 0 Å². The van der Waals surface area contributed by atoms with E-state index >= 15 is 0 Å². The number of aromatic nitrogens is 2. The van der Waals surface area contributed by atoms with Crippen molar-refractivity contribution in [2.75, 3.05) is 30.3 Å². The van der Waals surface area contributed by atoms with Crippen LogP contribution in [0, 0.1) is 11.2 Å². The number of halogens is 1. The molecule has 3 heterocycles. The Morgan fingerprint density at radius 2 is 2.03 bits per heavy atom. The second kappa shape index (κ2) is 9.64. The third-order valence-electron chi connectivity index (χ3n) is 5.65. The lowest BCUT2D eigenvalue weighted by Gasteiger charge is -2.33. The second-order valence-corrected chi connectivity index (χ2v) is 9.20. The van der Waals surface area contributed by atoms with Gasteiger partial charge in [0.05, 0.1) is 17.9 Å². The molecule has 0 saturated carbocycles. The van der Waals surface area contributed by atoms with Crippen LogP contribution < -0.4 is 21.5 Å². The first kappa shape index (κ1) is 23.4. The van der Waals surface area contributed by atoms with Crippen LogP contribution in [0.1, 0.15) is 27.2 Å². The molecule has 11 heteroatoms. The minimum Gasteiger partial charge on any atom is -0.339 e. The number of carbonyl (C=O) groups excluding carboxylic acids is 1. The van der Waals surface area contributed by atoms with Crippen molar-refractivity contribution in [1.29, 1.82) is 0 Å². The first-order valence-electron chi connectivity index (χ1n) is 11.0. The van der Waals surface area contributed by atoms with E-state index in [1.165, 1.54) is 24.5 Å². The Bertz CT molecular complexity index is 1240. The van der Waals surface area contributed by atoms with Gasteiger partial charge in [-0.3, -0.25) is 19.6 Å². The fraction of sp³-hybridized carbons (Fsp3) is 0.391. The number of aliphatic imine (C=N–C) groups is 3. The summed E-state index contributed by atoms with van der Waals surface area (Å²) in [5.41, 5.74) is 1.08. The average molecular weight is 467 g/mol. The van der Waals surface area contributed by atoms with E-state index in [-0.39, 0.29) is 22.8 Å². The van der Waals surface area contributed by atoms with Gasteiger partial charge in [0, 0.05) is 31.1 Å². The molecule has 34 heavy (non-hydrogen) atoms. The van der Waals surface area contributed by atoms with Gasteiger partial charge in [0.1, 0.15) is 29.4 Å². The van der Waals surface area contributed by atoms with Crippen LogP contribution >= 0.6 is 0 Å². The van der Waals surface area contributed by atoms with Crippen LogP contribution in [-0.2, 0) is 4.79 Å². The highest BCUT2D eigenvalue weighted by Crippen LogP contribution is 2.25. The Labute approximate surface area is 195 Å². The zero-order valence-corrected chi connectivity index (χ0v) is 19.3. The lowest BCUT2D eigenvalue weighted by molar-refractivity contribution is -0.110. The third kappa shape index (κ3) is 5.42. The van der Waals surface area contributed by atoms with Crippen LogP contribution in [0.4, 0.5) is 15.8 Å². The largest absolute Gasteiger partial charge is 0.339 e. The maximum Gasteiger partial charge on any atom is 0.287 e. The average Bonchev–Trinajstić information content (AvgIpc) is 2.82. The molecule has 0 radical (unpaired) electrons. The molecular weight excluding hydrogens is 439 g/mol. The van der Waals surface area contributed by atoms with Gasteiger partial charge in [-0.2, -0.15) is 5.10 Å². The fourth-order valence-electron chi connectivity index (χ4n) is 3.55. The number of rotatable bonds is 4. The van der Waals surface area contributed by atoms with Crippen molar-refractivity contribution in [1.82, 2.24) is 15.5 Å². The van der Waals surface area contributed by atoms with Crippen molar-refractivity contribution < 1.29 is 9.18 Å². The summed E-state index contributed by atoms with van der Waals surface area (Å²) in [7, 11) is 0. The van der Waals surface area contributed by atoms with Crippen LogP contribution in [0.25, 0.3) is 11.3 Å². The molecule has 4 rings (SSSR count). The summed E-state index contributed by atoms with van der Waals surface area (Å²) in [4.78, 5) is 37.4. The van der Waals surface area contributed by atoms with Crippen molar-refractivity contribution in [3.8, 4) is 11.3 Å². The predicted molar refractivity (Wildman–Crippen MR) is 131 cm³/mol. The summed E-state index contributed by atoms with van der Waals surface area (Å²) in [6, 6.07) is 5.94. The minimum absolute atomic E-state index is 0.00137. The number of H-pyrrole nitrogens is 1. The van der Waals surface area contributed by atoms with Gasteiger partial charge in [-0.1, -0.05) is 20.8 Å². The Kier molecular flexibility index (Phi) is 6.64. The number of nitrogens with zero attached hydrogens (tertiary/aromatic N) is 4. The molecule has 0 aliphatic carbocycles. The molecule has 1 amide bonds. The Balaban J connectivity index is 1.52. The predicted octanol–water partition coefficient (Wildman–Crippen LogP) is 2.22. The molecule has 0 saturated heterocycles. The lowest BCUT2D eigenvalue weighted by Crippen LogP contribution is -2.50. The molecular formula is C23H27FN8O2. The van der Waals surface area contributed by atoms with Gasteiger partial charge >= 0.3 is 0 Å². The van der Waals surface area contributed by atoms with Gasteiger partial charge in [-0.25, -0.2) is 14.5 Å². The lowest BCUT2D eigenvalue weighted by atomic mass is 9.86. The van der Waals surface area contributed by atoms with E-state index in [9.17, 15) is 14.0 Å². The van der Waals surface area contributed by atoms with E-state index in [4.69, 9.17) is 0 Å². The molecule has 4 N–H and O–H groups in total. The van der Waals surface area contributed by atoms with Crippen LogP contribution in [0.2, 0.25) is 0 Å². The number of nitrogens with one attached hydrogen (secondary N) is 4. The van der Waals surface area contributed by atoms with Crippen molar-refractivity contribution in [3.05, 3.63) is 40.4 Å². The highest BCUT2D eigenvalue weighted by molar-refractivity contribution is 6.44. The van der Waals surface area contributed by atoms with Crippen molar-refractivity contribution in [3.63, 3.8) is 0 Å². The Morgan fingerprint density at radius 3 is 2.71 bits per heavy atom. The summed E-state index contributed by atoms with van der Waals surface area (Å²) in [6.45, 7) is 7.68. The molecule has 1 unspecified atom stereocenters. The maximum absolute atomic E-state index is 14.5. The van der Waals surface area contributed by atoms with E-state index < -0.39 is 17.3 Å². The highest BCUT2D eigenvalue weighted by atomic mass is 19.1. The van der Waals surface area contributed by atoms with E-state index in [1.54, 1.807) is 6.07 Å². The first-order chi connectivity index (χ1) is 16.2. The van der Waals surface area contributed by atoms with E-state index in [1.807, 2.05) is 0 Å². The summed E-state index contributed by atoms with van der Waals surface area (Å²) >= 11 is 0. The number of aromatic amines is 1. The molecule has 1 aromatic carbocycles. The standard InChI is InChI=1S/C23H27FN8O2/c1-23(2,3)19-11-26-18(10-27-19)21(33)30-16-8-13(4-5-14(16)24)15-9-17(22(34)32-31-15)29-20-6-7-25-12-28-20/h4-5,8-9,12,19,27H,6-7,10-11H2,1-3H3,(H,30,33)(H,32,34)(H,25,28,29,31). The number of carbonyl (C=O) groups is 1. The molecule has 2 aliphatic rings. The normalized spacial score (nSPS) is 18.2. The Morgan fingerprint density at radius 1 is 1.21 bits per heavy atom. The zero-order valence-electron chi connectivity index (χ0n) is 19.3. The van der Waals surface area contributed by atoms with E-state index in [0.29, 0.717) is 48.9 Å². The number of anilines is 2. The minimum atomic E-state index is -0.590. The quantitative estimate of drug-likeness (QED) is 0.548. The zero-order chi connectivity index (χ0) is 24.3. The van der Waals surface area contributed by atoms with Crippen LogP contribution in [0.15, 0.2) is 44.0 Å².